The third-order valence-electron chi connectivity index (χ3n) is 2.83. The van der Waals surface area contributed by atoms with E-state index in [0.29, 0.717) is 5.82 Å². The minimum atomic E-state index is 0.545. The van der Waals surface area contributed by atoms with Gasteiger partial charge in [-0.15, -0.1) is 0 Å². The van der Waals surface area contributed by atoms with Crippen LogP contribution in [-0.2, 0) is 0 Å². The maximum Gasteiger partial charge on any atom is 0.160 e. The predicted molar refractivity (Wildman–Crippen MR) is 73.8 cm³/mol. The van der Waals surface area contributed by atoms with E-state index in [-0.39, 0.29) is 0 Å². The first kappa shape index (κ1) is 12.3. The molecule has 0 unspecified atom stereocenters. The monoisotopic (exact) mass is 243 g/mol. The molecular formula is C13H17N5. The molecule has 2 rings (SSSR count). The van der Waals surface area contributed by atoms with Gasteiger partial charge in [0.1, 0.15) is 0 Å². The van der Waals surface area contributed by atoms with Crippen LogP contribution in [0.3, 0.4) is 0 Å². The highest BCUT2D eigenvalue weighted by atomic mass is 15.3. The van der Waals surface area contributed by atoms with Gasteiger partial charge in [0.25, 0.3) is 0 Å². The van der Waals surface area contributed by atoms with Crippen LogP contribution < -0.4 is 16.2 Å². The molecule has 0 spiro atoms. The first-order valence-electron chi connectivity index (χ1n) is 5.71. The van der Waals surface area contributed by atoms with Crippen LogP contribution in [0.25, 0.3) is 0 Å². The molecule has 1 aromatic heterocycles. The van der Waals surface area contributed by atoms with Crippen molar-refractivity contribution < 1.29 is 0 Å². The van der Waals surface area contributed by atoms with Crippen LogP contribution in [0.15, 0.2) is 30.6 Å². The summed E-state index contributed by atoms with van der Waals surface area (Å²) in [6, 6.07) is 6.30. The van der Waals surface area contributed by atoms with Gasteiger partial charge in [-0.05, 0) is 25.5 Å². The topological polar surface area (TPSA) is 67.1 Å². The molecule has 0 amide bonds. The second kappa shape index (κ2) is 5.01. The van der Waals surface area contributed by atoms with E-state index in [1.807, 2.05) is 11.9 Å². The highest BCUT2D eigenvalue weighted by Crippen LogP contribution is 2.25. The number of aryl methyl sites for hydroxylation is 2. The molecule has 3 N–H and O–H groups in total. The van der Waals surface area contributed by atoms with Crippen molar-refractivity contribution in [2.45, 2.75) is 13.8 Å². The Morgan fingerprint density at radius 3 is 2.67 bits per heavy atom. The lowest BCUT2D eigenvalue weighted by molar-refractivity contribution is 1.07. The number of nitrogens with one attached hydrogen (secondary N) is 1. The van der Waals surface area contributed by atoms with Gasteiger partial charge in [-0.1, -0.05) is 17.7 Å². The Kier molecular flexibility index (Phi) is 3.43. The fraction of sp³-hybridized carbons (Fsp3) is 0.231. The Hall–Kier alpha value is -2.14. The van der Waals surface area contributed by atoms with Crippen molar-refractivity contribution >= 4 is 17.3 Å². The van der Waals surface area contributed by atoms with Gasteiger partial charge in [-0.2, -0.15) is 0 Å². The van der Waals surface area contributed by atoms with Gasteiger partial charge in [0.15, 0.2) is 11.6 Å². The molecule has 0 atom stereocenters. The summed E-state index contributed by atoms with van der Waals surface area (Å²) in [7, 11) is 1.96. The van der Waals surface area contributed by atoms with Crippen LogP contribution >= 0.6 is 0 Å². The molecule has 0 aliphatic heterocycles. The zero-order valence-corrected chi connectivity index (χ0v) is 10.8. The molecule has 0 saturated heterocycles. The van der Waals surface area contributed by atoms with Crippen molar-refractivity contribution in [3.05, 3.63) is 41.7 Å². The highest BCUT2D eigenvalue weighted by molar-refractivity contribution is 5.63. The van der Waals surface area contributed by atoms with E-state index < -0.39 is 0 Å². The smallest absolute Gasteiger partial charge is 0.160 e. The third-order valence-corrected chi connectivity index (χ3v) is 2.83. The fourth-order valence-electron chi connectivity index (χ4n) is 1.89. The van der Waals surface area contributed by atoms with Crippen molar-refractivity contribution in [3.63, 3.8) is 0 Å². The van der Waals surface area contributed by atoms with Gasteiger partial charge in [0.05, 0.1) is 12.4 Å². The van der Waals surface area contributed by atoms with Crippen molar-refractivity contribution in [1.82, 2.24) is 9.97 Å². The zero-order chi connectivity index (χ0) is 13.1. The first-order chi connectivity index (χ1) is 8.61. The molecule has 2 aromatic rings. The number of nitrogens with zero attached hydrogens (tertiary/aromatic N) is 3. The molecule has 5 nitrogen and oxygen atoms in total. The standard InChI is InChI=1S/C13H17N5/c1-9-4-5-11(10(2)6-9)18(3)13-8-15-7-12(16-13)17-14/h4-8H,14H2,1-3H3,(H,16,17). The van der Waals surface area contributed by atoms with Crippen molar-refractivity contribution in [1.29, 1.82) is 0 Å². The van der Waals surface area contributed by atoms with E-state index >= 15 is 0 Å². The van der Waals surface area contributed by atoms with Crippen molar-refractivity contribution in [2.75, 3.05) is 17.4 Å². The SMILES string of the molecule is Cc1ccc(N(C)c2cncc(NN)n2)c(C)c1. The molecule has 1 aromatic carbocycles. The minimum absolute atomic E-state index is 0.545. The number of anilines is 3. The summed E-state index contributed by atoms with van der Waals surface area (Å²) in [5.41, 5.74) is 6.04. The molecule has 0 saturated carbocycles. The van der Waals surface area contributed by atoms with Crippen LogP contribution in [0.1, 0.15) is 11.1 Å². The summed E-state index contributed by atoms with van der Waals surface area (Å²) in [6.45, 7) is 4.16. The Balaban J connectivity index is 2.37. The van der Waals surface area contributed by atoms with Crippen LogP contribution in [0, 0.1) is 13.8 Å². The summed E-state index contributed by atoms with van der Waals surface area (Å²) in [6.07, 6.45) is 3.29. The number of benzene rings is 1. The normalized spacial score (nSPS) is 10.2. The Bertz CT molecular complexity index is 553. The molecule has 0 bridgehead atoms. The van der Waals surface area contributed by atoms with E-state index in [2.05, 4.69) is 47.4 Å². The molecule has 0 radical (unpaired) electrons. The molecule has 0 fully saturated rings. The van der Waals surface area contributed by atoms with E-state index in [0.717, 1.165) is 11.5 Å². The van der Waals surface area contributed by atoms with Crippen LogP contribution in [0.4, 0.5) is 17.3 Å². The molecule has 18 heavy (non-hydrogen) atoms. The lowest BCUT2D eigenvalue weighted by atomic mass is 10.1. The lowest BCUT2D eigenvalue weighted by Gasteiger charge is -2.20. The van der Waals surface area contributed by atoms with Gasteiger partial charge in [-0.25, -0.2) is 10.8 Å². The summed E-state index contributed by atoms with van der Waals surface area (Å²) >= 11 is 0. The number of aromatic nitrogens is 2. The lowest BCUT2D eigenvalue weighted by Crippen LogP contribution is -2.15. The van der Waals surface area contributed by atoms with Gasteiger partial charge in [0.2, 0.25) is 0 Å². The van der Waals surface area contributed by atoms with Gasteiger partial charge in [0, 0.05) is 12.7 Å². The Morgan fingerprint density at radius 1 is 1.22 bits per heavy atom. The number of hydrazine groups is 1. The van der Waals surface area contributed by atoms with E-state index in [1.165, 1.54) is 11.1 Å². The molecule has 5 heteroatoms. The second-order valence-electron chi connectivity index (χ2n) is 4.26. The fourth-order valence-corrected chi connectivity index (χ4v) is 1.89. The van der Waals surface area contributed by atoms with Crippen LogP contribution in [-0.4, -0.2) is 17.0 Å². The number of rotatable bonds is 3. The average Bonchev–Trinajstić information content (AvgIpc) is 2.38. The highest BCUT2D eigenvalue weighted by Gasteiger charge is 2.09. The minimum Gasteiger partial charge on any atom is -0.328 e. The number of nitrogens with two attached hydrogens (primary N) is 1. The maximum absolute atomic E-state index is 5.34. The first-order valence-corrected chi connectivity index (χ1v) is 5.71. The molecular weight excluding hydrogens is 226 g/mol. The van der Waals surface area contributed by atoms with Crippen LogP contribution in [0.5, 0.6) is 0 Å². The quantitative estimate of drug-likeness (QED) is 0.638. The molecule has 1 heterocycles. The van der Waals surface area contributed by atoms with Crippen LogP contribution in [0.2, 0.25) is 0 Å². The molecule has 0 aliphatic carbocycles. The maximum atomic E-state index is 5.34. The number of hydrogen-bond acceptors (Lipinski definition) is 5. The number of nitrogen functional groups attached to an aromatic ring is 1. The predicted octanol–water partition coefficient (Wildman–Crippen LogP) is 2.15. The number of hydrogen-bond donors (Lipinski definition) is 2. The second-order valence-corrected chi connectivity index (χ2v) is 4.26. The molecule has 0 aliphatic rings. The Labute approximate surface area is 107 Å². The van der Waals surface area contributed by atoms with Crippen molar-refractivity contribution in [2.24, 2.45) is 5.84 Å². The summed E-state index contributed by atoms with van der Waals surface area (Å²) < 4.78 is 0. The van der Waals surface area contributed by atoms with Gasteiger partial charge >= 0.3 is 0 Å². The van der Waals surface area contributed by atoms with E-state index in [9.17, 15) is 0 Å². The third kappa shape index (κ3) is 2.41. The summed E-state index contributed by atoms with van der Waals surface area (Å²) in [5.74, 6) is 6.63. The van der Waals surface area contributed by atoms with E-state index in [1.54, 1.807) is 12.4 Å². The average molecular weight is 243 g/mol. The largest absolute Gasteiger partial charge is 0.328 e. The van der Waals surface area contributed by atoms with E-state index in [4.69, 9.17) is 5.84 Å². The van der Waals surface area contributed by atoms with Gasteiger partial charge in [-0.3, -0.25) is 4.98 Å². The Morgan fingerprint density at radius 2 is 2.00 bits per heavy atom. The summed E-state index contributed by atoms with van der Waals surface area (Å²) in [4.78, 5) is 10.4. The van der Waals surface area contributed by atoms with Gasteiger partial charge < -0.3 is 10.3 Å². The zero-order valence-electron chi connectivity index (χ0n) is 10.8. The van der Waals surface area contributed by atoms with Crippen molar-refractivity contribution in [3.8, 4) is 0 Å². The molecule has 94 valence electrons. The summed E-state index contributed by atoms with van der Waals surface area (Å²) in [5, 5.41) is 0.